The van der Waals surface area contributed by atoms with E-state index in [-0.39, 0.29) is 21.7 Å². The zero-order chi connectivity index (χ0) is 13.3. The van der Waals surface area contributed by atoms with Gasteiger partial charge in [0.1, 0.15) is 15.9 Å². The van der Waals surface area contributed by atoms with E-state index >= 15 is 0 Å². The minimum absolute atomic E-state index is 0.0768. The van der Waals surface area contributed by atoms with Crippen LogP contribution in [0.25, 0.3) is 0 Å². The molecular weight excluding hydrogens is 278 g/mol. The highest BCUT2D eigenvalue weighted by Gasteiger charge is 2.21. The number of halogens is 1. The normalized spacial score (nSPS) is 11.4. The number of aryl methyl sites for hydroxylation is 1. The fourth-order valence-electron chi connectivity index (χ4n) is 1.35. The Morgan fingerprint density at radius 1 is 1.44 bits per heavy atom. The van der Waals surface area contributed by atoms with Gasteiger partial charge in [-0.3, -0.25) is 9.40 Å². The molecular formula is C9H10ClN5O2S. The molecule has 0 bridgehead atoms. The molecule has 2 heterocycles. The summed E-state index contributed by atoms with van der Waals surface area (Å²) < 4.78 is 27.6. The summed E-state index contributed by atoms with van der Waals surface area (Å²) in [5.74, 6) is 0.0396. The van der Waals surface area contributed by atoms with Crippen LogP contribution in [0.4, 0.5) is 11.6 Å². The van der Waals surface area contributed by atoms with Gasteiger partial charge in [-0.25, -0.2) is 13.4 Å². The molecule has 3 N–H and O–H groups in total. The number of pyridine rings is 1. The first-order valence-electron chi connectivity index (χ1n) is 4.83. The standard InChI is InChI=1S/C9H10ClN5O2S/c1-15-5-6(9(11)13-15)18(16,17)14-8-4-2-3-7(10)12-8/h2-5H,1H3,(H2,11,13)(H,12,14). The lowest BCUT2D eigenvalue weighted by molar-refractivity contribution is 0.601. The summed E-state index contributed by atoms with van der Waals surface area (Å²) in [6, 6.07) is 4.60. The first-order valence-corrected chi connectivity index (χ1v) is 6.69. The first-order chi connectivity index (χ1) is 8.38. The molecule has 0 saturated carbocycles. The van der Waals surface area contributed by atoms with E-state index in [1.54, 1.807) is 13.1 Å². The second kappa shape index (κ2) is 4.46. The van der Waals surface area contributed by atoms with E-state index in [4.69, 9.17) is 17.3 Å². The van der Waals surface area contributed by atoms with Crippen molar-refractivity contribution in [1.82, 2.24) is 14.8 Å². The number of aromatic nitrogens is 3. The van der Waals surface area contributed by atoms with E-state index < -0.39 is 10.0 Å². The highest BCUT2D eigenvalue weighted by atomic mass is 35.5. The highest BCUT2D eigenvalue weighted by Crippen LogP contribution is 2.19. The Bertz CT molecular complexity index is 682. The Morgan fingerprint density at radius 2 is 2.17 bits per heavy atom. The minimum Gasteiger partial charge on any atom is -0.381 e. The lowest BCUT2D eigenvalue weighted by Crippen LogP contribution is -2.14. The number of nitrogens with zero attached hydrogens (tertiary/aromatic N) is 3. The maximum absolute atomic E-state index is 12.0. The van der Waals surface area contributed by atoms with E-state index in [1.165, 1.54) is 23.0 Å². The molecule has 0 aliphatic rings. The number of anilines is 2. The van der Waals surface area contributed by atoms with Crippen molar-refractivity contribution in [1.29, 1.82) is 0 Å². The molecule has 0 spiro atoms. The van der Waals surface area contributed by atoms with Gasteiger partial charge in [0, 0.05) is 13.2 Å². The van der Waals surface area contributed by atoms with Gasteiger partial charge in [0.25, 0.3) is 10.0 Å². The fourth-order valence-corrected chi connectivity index (χ4v) is 2.62. The second-order valence-electron chi connectivity index (χ2n) is 3.50. The summed E-state index contributed by atoms with van der Waals surface area (Å²) in [7, 11) is -2.24. The Labute approximate surface area is 109 Å². The van der Waals surface area contributed by atoms with Crippen molar-refractivity contribution in [2.45, 2.75) is 4.90 Å². The first kappa shape index (κ1) is 12.7. The molecule has 18 heavy (non-hydrogen) atoms. The van der Waals surface area contributed by atoms with Crippen LogP contribution < -0.4 is 10.5 Å². The van der Waals surface area contributed by atoms with Gasteiger partial charge < -0.3 is 5.73 Å². The summed E-state index contributed by atoms with van der Waals surface area (Å²) in [6.45, 7) is 0. The van der Waals surface area contributed by atoms with Crippen molar-refractivity contribution >= 4 is 33.3 Å². The average Bonchev–Trinajstić information content (AvgIpc) is 2.58. The van der Waals surface area contributed by atoms with Crippen LogP contribution in [0.3, 0.4) is 0 Å². The molecule has 9 heteroatoms. The molecule has 0 saturated heterocycles. The van der Waals surface area contributed by atoms with Crippen LogP contribution in [-0.2, 0) is 17.1 Å². The number of hydrogen-bond acceptors (Lipinski definition) is 5. The van der Waals surface area contributed by atoms with Gasteiger partial charge in [-0.1, -0.05) is 17.7 Å². The quantitative estimate of drug-likeness (QED) is 0.815. The topological polar surface area (TPSA) is 103 Å². The monoisotopic (exact) mass is 287 g/mol. The van der Waals surface area contributed by atoms with Gasteiger partial charge in [0.05, 0.1) is 0 Å². The van der Waals surface area contributed by atoms with Gasteiger partial charge in [0.2, 0.25) is 0 Å². The molecule has 2 aromatic rings. The Hall–Kier alpha value is -1.80. The van der Waals surface area contributed by atoms with E-state index in [0.29, 0.717) is 0 Å². The molecule has 96 valence electrons. The van der Waals surface area contributed by atoms with Crippen molar-refractivity contribution < 1.29 is 8.42 Å². The summed E-state index contributed by atoms with van der Waals surface area (Å²) in [4.78, 5) is 3.72. The molecule has 2 aromatic heterocycles. The lowest BCUT2D eigenvalue weighted by Gasteiger charge is -2.05. The summed E-state index contributed by atoms with van der Waals surface area (Å²) >= 11 is 5.67. The third-order valence-electron chi connectivity index (χ3n) is 2.07. The molecule has 0 aromatic carbocycles. The van der Waals surface area contributed by atoms with Crippen LogP contribution in [0.2, 0.25) is 5.15 Å². The highest BCUT2D eigenvalue weighted by molar-refractivity contribution is 7.92. The van der Waals surface area contributed by atoms with Crippen molar-refractivity contribution in [3.05, 3.63) is 29.5 Å². The predicted molar refractivity (Wildman–Crippen MR) is 67.7 cm³/mol. The van der Waals surface area contributed by atoms with Crippen molar-refractivity contribution in [3.63, 3.8) is 0 Å². The molecule has 0 aliphatic carbocycles. The molecule has 0 radical (unpaired) electrons. The van der Waals surface area contributed by atoms with E-state index in [0.717, 1.165) is 0 Å². The zero-order valence-electron chi connectivity index (χ0n) is 9.33. The Morgan fingerprint density at radius 3 is 2.72 bits per heavy atom. The Balaban J connectivity index is 2.36. The molecule has 0 amide bonds. The number of rotatable bonds is 3. The molecule has 7 nitrogen and oxygen atoms in total. The van der Waals surface area contributed by atoms with Crippen molar-refractivity contribution in [2.24, 2.45) is 7.05 Å². The number of nitrogens with one attached hydrogen (secondary N) is 1. The molecule has 0 aliphatic heterocycles. The number of nitrogens with two attached hydrogens (primary N) is 1. The molecule has 0 atom stereocenters. The summed E-state index contributed by atoms with van der Waals surface area (Å²) in [5.41, 5.74) is 5.51. The third kappa shape index (κ3) is 2.54. The minimum atomic E-state index is -3.82. The van der Waals surface area contributed by atoms with Crippen molar-refractivity contribution in [2.75, 3.05) is 10.5 Å². The Kier molecular flexibility index (Phi) is 3.14. The predicted octanol–water partition coefficient (Wildman–Crippen LogP) is 0.852. The number of sulfonamides is 1. The largest absolute Gasteiger partial charge is 0.381 e. The van der Waals surface area contributed by atoms with Crippen molar-refractivity contribution in [3.8, 4) is 0 Å². The van der Waals surface area contributed by atoms with Gasteiger partial charge >= 0.3 is 0 Å². The van der Waals surface area contributed by atoms with Gasteiger partial charge in [-0.15, -0.1) is 0 Å². The maximum atomic E-state index is 12.0. The molecule has 2 rings (SSSR count). The zero-order valence-corrected chi connectivity index (χ0v) is 10.9. The van der Waals surface area contributed by atoms with Crippen LogP contribution >= 0.6 is 11.6 Å². The van der Waals surface area contributed by atoms with E-state index in [2.05, 4.69) is 14.8 Å². The van der Waals surface area contributed by atoms with Gasteiger partial charge in [-0.05, 0) is 12.1 Å². The van der Waals surface area contributed by atoms with Crippen LogP contribution in [0.15, 0.2) is 29.3 Å². The lowest BCUT2D eigenvalue weighted by atomic mass is 10.5. The summed E-state index contributed by atoms with van der Waals surface area (Å²) in [5, 5.41) is 3.95. The number of nitrogen functional groups attached to an aromatic ring is 1. The maximum Gasteiger partial charge on any atom is 0.268 e. The van der Waals surface area contributed by atoms with Crippen LogP contribution in [0, 0.1) is 0 Å². The van der Waals surface area contributed by atoms with Crippen LogP contribution in [-0.4, -0.2) is 23.2 Å². The van der Waals surface area contributed by atoms with Crippen LogP contribution in [0.5, 0.6) is 0 Å². The van der Waals surface area contributed by atoms with Gasteiger partial charge in [0.15, 0.2) is 5.82 Å². The number of hydrogen-bond donors (Lipinski definition) is 2. The van der Waals surface area contributed by atoms with Crippen LogP contribution in [0.1, 0.15) is 0 Å². The fraction of sp³-hybridized carbons (Fsp3) is 0.111. The van der Waals surface area contributed by atoms with Gasteiger partial charge in [-0.2, -0.15) is 5.10 Å². The molecule has 0 unspecified atom stereocenters. The summed E-state index contributed by atoms with van der Waals surface area (Å²) in [6.07, 6.45) is 1.31. The second-order valence-corrected chi connectivity index (χ2v) is 5.54. The third-order valence-corrected chi connectivity index (χ3v) is 3.65. The average molecular weight is 288 g/mol. The van der Waals surface area contributed by atoms with E-state index in [1.807, 2.05) is 0 Å². The molecule has 0 fully saturated rings. The van der Waals surface area contributed by atoms with E-state index in [9.17, 15) is 8.42 Å². The smallest absolute Gasteiger partial charge is 0.268 e. The SMILES string of the molecule is Cn1cc(S(=O)(=O)Nc2cccc(Cl)n2)c(N)n1.